The van der Waals surface area contributed by atoms with Crippen molar-refractivity contribution in [1.29, 1.82) is 0 Å². The Morgan fingerprint density at radius 2 is 1.44 bits per heavy atom. The van der Waals surface area contributed by atoms with Gasteiger partial charge in [0.25, 0.3) is 0 Å². The molecule has 0 aromatic heterocycles. The van der Waals surface area contributed by atoms with Gasteiger partial charge >= 0.3 is 0 Å². The van der Waals surface area contributed by atoms with Crippen molar-refractivity contribution in [1.82, 2.24) is 0 Å². The molecule has 3 aromatic carbocycles. The Kier molecular flexibility index (Phi) is 2.73. The van der Waals surface area contributed by atoms with Crippen molar-refractivity contribution in [3.8, 4) is 22.3 Å². The third-order valence-electron chi connectivity index (χ3n) is 3.04. The largest absolute Gasteiger partial charge is 0.208 e. The first kappa shape index (κ1) is 10.8. The van der Waals surface area contributed by atoms with E-state index < -0.39 is 0 Å². The molecule has 0 N–H and O–H groups in total. The van der Waals surface area contributed by atoms with Crippen molar-refractivity contribution < 1.29 is 4.39 Å². The molecular formula is C17H12F-. The van der Waals surface area contributed by atoms with Crippen LogP contribution in [0.4, 0.5) is 4.39 Å². The first-order valence-electron chi connectivity index (χ1n) is 5.91. The lowest BCUT2D eigenvalue weighted by Crippen LogP contribution is -1.75. The zero-order chi connectivity index (χ0) is 12.4. The van der Waals surface area contributed by atoms with Crippen LogP contribution in [0.2, 0.25) is 0 Å². The summed E-state index contributed by atoms with van der Waals surface area (Å²) in [6, 6.07) is 23.1. The molecule has 0 fully saturated rings. The second-order valence-corrected chi connectivity index (χ2v) is 4.26. The van der Waals surface area contributed by atoms with E-state index in [1.54, 1.807) is 12.1 Å². The number of hydrogen-bond donors (Lipinski definition) is 0. The molecule has 0 aliphatic carbocycles. The predicted molar refractivity (Wildman–Crippen MR) is 72.9 cm³/mol. The molecule has 0 atom stereocenters. The molecule has 3 rings (SSSR count). The highest BCUT2D eigenvalue weighted by molar-refractivity contribution is 5.75. The lowest BCUT2D eigenvalue weighted by atomic mass is 10.1. The average molecular weight is 235 g/mol. The molecule has 0 bridgehead atoms. The highest BCUT2D eigenvalue weighted by Gasteiger charge is 1.96. The predicted octanol–water partition coefficient (Wildman–Crippen LogP) is 4.88. The number of halogens is 1. The molecule has 0 aliphatic rings. The van der Waals surface area contributed by atoms with E-state index in [2.05, 4.69) is 30.3 Å². The van der Waals surface area contributed by atoms with Gasteiger partial charge in [0.2, 0.25) is 0 Å². The van der Waals surface area contributed by atoms with E-state index >= 15 is 0 Å². The molecule has 0 nitrogen and oxygen atoms in total. The average Bonchev–Trinajstić information content (AvgIpc) is 2.90. The lowest BCUT2D eigenvalue weighted by molar-refractivity contribution is 0.628. The van der Waals surface area contributed by atoms with Crippen LogP contribution in [0.15, 0.2) is 72.8 Å². The summed E-state index contributed by atoms with van der Waals surface area (Å²) in [4.78, 5) is 0. The molecular weight excluding hydrogens is 223 g/mol. The minimum atomic E-state index is -0.200. The highest BCUT2D eigenvalue weighted by Crippen LogP contribution is 2.28. The standard InChI is InChI=1S/C17H12F/c18-17-10-8-14(9-11-17)16-7-6-15(12-16)13-4-2-1-3-5-13/h1-12H/q-1. The fourth-order valence-electron chi connectivity index (χ4n) is 2.08. The Balaban J connectivity index is 1.97. The minimum Gasteiger partial charge on any atom is -0.208 e. The Labute approximate surface area is 106 Å². The Bertz CT molecular complexity index is 633. The van der Waals surface area contributed by atoms with E-state index in [0.717, 1.165) is 11.1 Å². The second-order valence-electron chi connectivity index (χ2n) is 4.26. The number of rotatable bonds is 2. The van der Waals surface area contributed by atoms with E-state index in [9.17, 15) is 4.39 Å². The van der Waals surface area contributed by atoms with Gasteiger partial charge in [-0.3, -0.25) is 0 Å². The van der Waals surface area contributed by atoms with E-state index in [-0.39, 0.29) is 5.82 Å². The minimum absolute atomic E-state index is 0.200. The van der Waals surface area contributed by atoms with Crippen molar-refractivity contribution in [3.63, 3.8) is 0 Å². The van der Waals surface area contributed by atoms with Crippen LogP contribution in [-0.4, -0.2) is 0 Å². The summed E-state index contributed by atoms with van der Waals surface area (Å²) in [5, 5.41) is 0. The molecule has 1 heteroatoms. The lowest BCUT2D eigenvalue weighted by Gasteiger charge is -2.04. The van der Waals surface area contributed by atoms with E-state index in [1.807, 2.05) is 18.2 Å². The van der Waals surface area contributed by atoms with E-state index in [1.165, 1.54) is 23.3 Å². The summed E-state index contributed by atoms with van der Waals surface area (Å²) in [5.41, 5.74) is 4.55. The summed E-state index contributed by atoms with van der Waals surface area (Å²) >= 11 is 0. The van der Waals surface area contributed by atoms with Crippen LogP contribution in [0.1, 0.15) is 0 Å². The van der Waals surface area contributed by atoms with Gasteiger partial charge in [0.05, 0.1) is 0 Å². The van der Waals surface area contributed by atoms with Gasteiger partial charge in [0.1, 0.15) is 5.82 Å². The topological polar surface area (TPSA) is 0 Å². The van der Waals surface area contributed by atoms with Gasteiger partial charge in [-0.2, -0.15) is 0 Å². The molecule has 0 saturated heterocycles. The maximum atomic E-state index is 12.9. The molecule has 3 aromatic rings. The molecule has 18 heavy (non-hydrogen) atoms. The summed E-state index contributed by atoms with van der Waals surface area (Å²) in [5.74, 6) is -0.200. The van der Waals surface area contributed by atoms with Crippen LogP contribution in [-0.2, 0) is 0 Å². The summed E-state index contributed by atoms with van der Waals surface area (Å²) in [6.07, 6.45) is 0. The first-order chi connectivity index (χ1) is 8.83. The maximum Gasteiger partial charge on any atom is 0.108 e. The van der Waals surface area contributed by atoms with E-state index in [0.29, 0.717) is 0 Å². The normalized spacial score (nSPS) is 10.5. The molecule has 0 saturated carbocycles. The highest BCUT2D eigenvalue weighted by atomic mass is 19.1. The van der Waals surface area contributed by atoms with Gasteiger partial charge in [0, 0.05) is 0 Å². The quantitative estimate of drug-likeness (QED) is 0.555. The van der Waals surface area contributed by atoms with Crippen LogP contribution < -0.4 is 0 Å². The Morgan fingerprint density at radius 1 is 0.722 bits per heavy atom. The van der Waals surface area contributed by atoms with Gasteiger partial charge in [0.15, 0.2) is 0 Å². The maximum absolute atomic E-state index is 12.9. The fraction of sp³-hybridized carbons (Fsp3) is 0. The van der Waals surface area contributed by atoms with Crippen molar-refractivity contribution in [2.45, 2.75) is 0 Å². The molecule has 88 valence electrons. The zero-order valence-corrected chi connectivity index (χ0v) is 9.81. The Hall–Kier alpha value is -2.28. The van der Waals surface area contributed by atoms with Crippen molar-refractivity contribution in [2.75, 3.05) is 0 Å². The Morgan fingerprint density at radius 3 is 2.17 bits per heavy atom. The molecule has 0 aliphatic heterocycles. The monoisotopic (exact) mass is 235 g/mol. The van der Waals surface area contributed by atoms with Crippen molar-refractivity contribution in [3.05, 3.63) is 78.6 Å². The third-order valence-corrected chi connectivity index (χ3v) is 3.04. The van der Waals surface area contributed by atoms with Crippen molar-refractivity contribution in [2.24, 2.45) is 0 Å². The van der Waals surface area contributed by atoms with Gasteiger partial charge in [-0.15, -0.1) is 41.5 Å². The summed E-state index contributed by atoms with van der Waals surface area (Å²) in [7, 11) is 0. The van der Waals surface area contributed by atoms with Crippen LogP contribution in [0.3, 0.4) is 0 Å². The van der Waals surface area contributed by atoms with Crippen LogP contribution in [0.5, 0.6) is 0 Å². The molecule has 0 unspecified atom stereocenters. The van der Waals surface area contributed by atoms with Gasteiger partial charge in [-0.1, -0.05) is 53.6 Å². The second kappa shape index (κ2) is 4.53. The van der Waals surface area contributed by atoms with Gasteiger partial charge in [-0.05, 0) is 0 Å². The van der Waals surface area contributed by atoms with Crippen molar-refractivity contribution >= 4 is 0 Å². The molecule has 0 radical (unpaired) electrons. The first-order valence-corrected chi connectivity index (χ1v) is 5.91. The fourth-order valence-corrected chi connectivity index (χ4v) is 2.08. The summed E-state index contributed by atoms with van der Waals surface area (Å²) < 4.78 is 12.9. The number of hydrogen-bond acceptors (Lipinski definition) is 0. The van der Waals surface area contributed by atoms with E-state index in [4.69, 9.17) is 0 Å². The van der Waals surface area contributed by atoms with Crippen LogP contribution in [0.25, 0.3) is 22.3 Å². The molecule has 0 heterocycles. The summed E-state index contributed by atoms with van der Waals surface area (Å²) in [6.45, 7) is 0. The SMILES string of the molecule is Fc1ccc(-[c-]2ccc(-c3ccccc3)c2)cc1. The molecule has 0 spiro atoms. The number of benzene rings is 2. The van der Waals surface area contributed by atoms with Crippen LogP contribution in [0, 0.1) is 5.82 Å². The van der Waals surface area contributed by atoms with Gasteiger partial charge in [-0.25, -0.2) is 4.39 Å². The zero-order valence-electron chi connectivity index (χ0n) is 9.81. The molecule has 0 amide bonds. The third kappa shape index (κ3) is 2.07. The smallest absolute Gasteiger partial charge is 0.108 e. The van der Waals surface area contributed by atoms with Crippen LogP contribution >= 0.6 is 0 Å². The van der Waals surface area contributed by atoms with Gasteiger partial charge < -0.3 is 0 Å².